The lowest BCUT2D eigenvalue weighted by molar-refractivity contribution is 0.231. The fourth-order valence-corrected chi connectivity index (χ4v) is 4.97. The van der Waals surface area contributed by atoms with Gasteiger partial charge in [-0.05, 0) is 66.3 Å². The Hall–Kier alpha value is -2.67. The highest BCUT2D eigenvalue weighted by Gasteiger charge is 2.13. The van der Waals surface area contributed by atoms with E-state index in [-0.39, 0.29) is 0 Å². The number of hydrogen-bond donors (Lipinski definition) is 0. The zero-order valence-corrected chi connectivity index (χ0v) is 19.2. The average molecular weight is 445 g/mol. The summed E-state index contributed by atoms with van der Waals surface area (Å²) in [5.74, 6) is 0. The molecule has 5 rings (SSSR count). The second-order valence-electron chi connectivity index (χ2n) is 8.50. The minimum atomic E-state index is -1.02. The SMILES string of the molecule is C[S+]([O-])c1cccc(-c2cnn3cc(-c4ccc(CCN5CCCCC5)cc4)cnc23)c1. The Morgan fingerprint density at radius 2 is 1.75 bits per heavy atom. The maximum Gasteiger partial charge on any atom is 0.162 e. The topological polar surface area (TPSA) is 56.5 Å². The number of aromatic nitrogens is 3. The second-order valence-corrected chi connectivity index (χ2v) is 9.88. The van der Waals surface area contributed by atoms with E-state index >= 15 is 0 Å². The third kappa shape index (κ3) is 4.58. The summed E-state index contributed by atoms with van der Waals surface area (Å²) in [5, 5.41) is 4.53. The predicted octanol–water partition coefficient (Wildman–Crippen LogP) is 4.83. The highest BCUT2D eigenvalue weighted by Crippen LogP contribution is 2.27. The first-order chi connectivity index (χ1) is 15.7. The van der Waals surface area contributed by atoms with Crippen molar-refractivity contribution in [3.63, 3.8) is 0 Å². The molecule has 0 N–H and O–H groups in total. The minimum absolute atomic E-state index is 0.797. The monoisotopic (exact) mass is 444 g/mol. The largest absolute Gasteiger partial charge is 0.612 e. The molecular formula is C26H28N4OS. The molecule has 0 saturated carbocycles. The van der Waals surface area contributed by atoms with Crippen molar-refractivity contribution < 1.29 is 4.55 Å². The Kier molecular flexibility index (Phi) is 6.26. The first kappa shape index (κ1) is 21.2. The van der Waals surface area contributed by atoms with Crippen LogP contribution >= 0.6 is 0 Å². The molecule has 4 aromatic rings. The molecule has 1 fully saturated rings. The molecule has 32 heavy (non-hydrogen) atoms. The van der Waals surface area contributed by atoms with Crippen LogP contribution in [-0.2, 0) is 17.6 Å². The van der Waals surface area contributed by atoms with Crippen LogP contribution in [0, 0.1) is 0 Å². The number of benzene rings is 2. The molecule has 0 spiro atoms. The molecule has 0 radical (unpaired) electrons. The molecule has 3 heterocycles. The summed E-state index contributed by atoms with van der Waals surface area (Å²) in [4.78, 5) is 8.09. The van der Waals surface area contributed by atoms with Crippen molar-refractivity contribution in [2.75, 3.05) is 25.9 Å². The van der Waals surface area contributed by atoms with Crippen LogP contribution in [0.4, 0.5) is 0 Å². The van der Waals surface area contributed by atoms with Crippen molar-refractivity contribution >= 4 is 16.8 Å². The van der Waals surface area contributed by atoms with E-state index in [4.69, 9.17) is 4.98 Å². The van der Waals surface area contributed by atoms with Gasteiger partial charge in [-0.2, -0.15) is 5.10 Å². The van der Waals surface area contributed by atoms with Gasteiger partial charge in [0.25, 0.3) is 0 Å². The van der Waals surface area contributed by atoms with Gasteiger partial charge in [-0.25, -0.2) is 9.50 Å². The molecular weight excluding hydrogens is 416 g/mol. The molecule has 5 nitrogen and oxygen atoms in total. The lowest BCUT2D eigenvalue weighted by atomic mass is 10.0. The molecule has 1 aliphatic heterocycles. The number of piperidine rings is 1. The Labute approximate surface area is 192 Å². The van der Waals surface area contributed by atoms with E-state index in [2.05, 4.69) is 34.3 Å². The van der Waals surface area contributed by atoms with E-state index in [0.717, 1.165) is 45.8 Å². The Bertz CT molecular complexity index is 1200. The van der Waals surface area contributed by atoms with Crippen molar-refractivity contribution in [2.24, 2.45) is 0 Å². The molecule has 0 bridgehead atoms. The molecule has 2 aromatic heterocycles. The minimum Gasteiger partial charge on any atom is -0.612 e. The van der Waals surface area contributed by atoms with E-state index in [9.17, 15) is 4.55 Å². The van der Waals surface area contributed by atoms with Gasteiger partial charge in [0, 0.05) is 36.1 Å². The molecule has 1 atom stereocenters. The lowest BCUT2D eigenvalue weighted by Gasteiger charge is -2.26. The molecule has 1 aliphatic rings. The van der Waals surface area contributed by atoms with Crippen molar-refractivity contribution in [1.82, 2.24) is 19.5 Å². The second kappa shape index (κ2) is 9.45. The van der Waals surface area contributed by atoms with Gasteiger partial charge in [0.05, 0.1) is 6.20 Å². The van der Waals surface area contributed by atoms with Crippen molar-refractivity contribution in [2.45, 2.75) is 30.6 Å². The first-order valence-electron chi connectivity index (χ1n) is 11.3. The summed E-state index contributed by atoms with van der Waals surface area (Å²) in [5.41, 5.74) is 6.27. The molecule has 0 amide bonds. The van der Waals surface area contributed by atoms with Crippen LogP contribution in [0.3, 0.4) is 0 Å². The van der Waals surface area contributed by atoms with E-state index < -0.39 is 11.2 Å². The predicted molar refractivity (Wildman–Crippen MR) is 130 cm³/mol. The van der Waals surface area contributed by atoms with Crippen LogP contribution in [-0.4, -0.2) is 49.9 Å². The van der Waals surface area contributed by atoms with E-state index in [1.54, 1.807) is 6.26 Å². The van der Waals surface area contributed by atoms with Gasteiger partial charge in [-0.1, -0.05) is 42.8 Å². The summed E-state index contributed by atoms with van der Waals surface area (Å²) in [6, 6.07) is 16.6. The number of hydrogen-bond acceptors (Lipinski definition) is 4. The third-order valence-corrected chi connectivity index (χ3v) is 7.20. The summed E-state index contributed by atoms with van der Waals surface area (Å²) in [6.45, 7) is 3.64. The highest BCUT2D eigenvalue weighted by atomic mass is 32.2. The highest BCUT2D eigenvalue weighted by molar-refractivity contribution is 7.90. The Morgan fingerprint density at radius 1 is 0.938 bits per heavy atom. The number of likely N-dealkylation sites (tertiary alicyclic amines) is 1. The van der Waals surface area contributed by atoms with Gasteiger partial charge >= 0.3 is 0 Å². The fourth-order valence-electron chi connectivity index (χ4n) is 4.40. The van der Waals surface area contributed by atoms with Gasteiger partial charge in [-0.15, -0.1) is 0 Å². The van der Waals surface area contributed by atoms with Gasteiger partial charge < -0.3 is 9.45 Å². The smallest absolute Gasteiger partial charge is 0.162 e. The third-order valence-electron chi connectivity index (χ3n) is 6.29. The van der Waals surface area contributed by atoms with Crippen molar-refractivity contribution in [3.05, 3.63) is 72.7 Å². The quantitative estimate of drug-likeness (QED) is 0.400. The molecule has 164 valence electrons. The summed E-state index contributed by atoms with van der Waals surface area (Å²) in [6.07, 6.45) is 12.6. The lowest BCUT2D eigenvalue weighted by Crippen LogP contribution is -2.31. The van der Waals surface area contributed by atoms with Crippen LogP contribution in [0.1, 0.15) is 24.8 Å². The molecule has 6 heteroatoms. The van der Waals surface area contributed by atoms with Crippen molar-refractivity contribution in [1.29, 1.82) is 0 Å². The zero-order valence-electron chi connectivity index (χ0n) is 18.4. The molecule has 0 aliphatic carbocycles. The van der Waals surface area contributed by atoms with Crippen molar-refractivity contribution in [3.8, 4) is 22.3 Å². The van der Waals surface area contributed by atoms with Crippen LogP contribution in [0.2, 0.25) is 0 Å². The Morgan fingerprint density at radius 3 is 2.53 bits per heavy atom. The maximum absolute atomic E-state index is 11.9. The van der Waals surface area contributed by atoms with Crippen LogP contribution in [0.15, 0.2) is 72.0 Å². The van der Waals surface area contributed by atoms with E-state index in [1.807, 2.05) is 47.4 Å². The summed E-state index contributed by atoms with van der Waals surface area (Å²) < 4.78 is 13.7. The summed E-state index contributed by atoms with van der Waals surface area (Å²) in [7, 11) is 0. The summed E-state index contributed by atoms with van der Waals surface area (Å²) >= 11 is -1.02. The number of rotatable bonds is 6. The molecule has 2 aromatic carbocycles. The maximum atomic E-state index is 11.9. The Balaban J connectivity index is 1.33. The van der Waals surface area contributed by atoms with Crippen LogP contribution in [0.25, 0.3) is 27.9 Å². The number of fused-ring (bicyclic) bond motifs is 1. The standard InChI is InChI=1S/C26H28N4OS/c1-32(31)24-7-5-6-22(16-24)25-18-28-30-19-23(17-27-26(25)30)21-10-8-20(9-11-21)12-15-29-13-3-2-4-14-29/h5-11,16-19H,2-4,12-15H2,1H3. The average Bonchev–Trinajstić information content (AvgIpc) is 3.27. The van der Waals surface area contributed by atoms with Gasteiger partial charge in [0.1, 0.15) is 6.26 Å². The van der Waals surface area contributed by atoms with Gasteiger partial charge in [0.2, 0.25) is 0 Å². The van der Waals surface area contributed by atoms with Crippen LogP contribution < -0.4 is 0 Å². The normalized spacial score (nSPS) is 15.8. The van der Waals surface area contributed by atoms with Crippen LogP contribution in [0.5, 0.6) is 0 Å². The molecule has 1 unspecified atom stereocenters. The van der Waals surface area contributed by atoms with Gasteiger partial charge in [0.15, 0.2) is 10.5 Å². The van der Waals surface area contributed by atoms with E-state index in [1.165, 1.54) is 37.9 Å². The number of nitrogens with zero attached hydrogens (tertiary/aromatic N) is 4. The molecule has 1 saturated heterocycles. The van der Waals surface area contributed by atoms with E-state index in [0.29, 0.717) is 0 Å². The first-order valence-corrected chi connectivity index (χ1v) is 12.8. The van der Waals surface area contributed by atoms with Gasteiger partial charge in [-0.3, -0.25) is 0 Å². The zero-order chi connectivity index (χ0) is 21.9. The fraction of sp³-hybridized carbons (Fsp3) is 0.308.